The highest BCUT2D eigenvalue weighted by molar-refractivity contribution is 5.67. The molecule has 0 unspecified atom stereocenters. The molecule has 1 fully saturated rings. The molecule has 0 aromatic heterocycles. The van der Waals surface area contributed by atoms with Crippen molar-refractivity contribution in [3.8, 4) is 0 Å². The molecule has 14 heavy (non-hydrogen) atoms. The summed E-state index contributed by atoms with van der Waals surface area (Å²) < 4.78 is 5.15. The fourth-order valence-corrected chi connectivity index (χ4v) is 1.51. The van der Waals surface area contributed by atoms with E-state index in [2.05, 4.69) is 11.9 Å². The molecule has 0 aliphatic carbocycles. The third-order valence-electron chi connectivity index (χ3n) is 2.31. The van der Waals surface area contributed by atoms with Gasteiger partial charge < -0.3 is 14.5 Å². The Morgan fingerprint density at radius 3 is 2.57 bits per heavy atom. The van der Waals surface area contributed by atoms with E-state index in [9.17, 15) is 4.79 Å². The lowest BCUT2D eigenvalue weighted by molar-refractivity contribution is 0.0781. The molecule has 82 valence electrons. The van der Waals surface area contributed by atoms with Crippen molar-refractivity contribution in [1.29, 1.82) is 0 Å². The van der Waals surface area contributed by atoms with Gasteiger partial charge in [0, 0.05) is 19.6 Å². The van der Waals surface area contributed by atoms with Gasteiger partial charge in [-0.05, 0) is 33.9 Å². The summed E-state index contributed by atoms with van der Waals surface area (Å²) >= 11 is 0. The molecule has 0 aromatic carbocycles. The smallest absolute Gasteiger partial charge is 0.410 e. The van der Waals surface area contributed by atoms with E-state index in [1.807, 2.05) is 13.8 Å². The Labute approximate surface area is 85.8 Å². The quantitative estimate of drug-likeness (QED) is 0.637. The summed E-state index contributed by atoms with van der Waals surface area (Å²) in [6.45, 7) is 7.35. The van der Waals surface area contributed by atoms with Gasteiger partial charge in [-0.2, -0.15) is 0 Å². The molecule has 1 rings (SSSR count). The molecule has 0 atom stereocenters. The number of hydrogen-bond donors (Lipinski definition) is 0. The van der Waals surface area contributed by atoms with Crippen LogP contribution in [-0.4, -0.2) is 55.2 Å². The second kappa shape index (κ2) is 5.20. The zero-order valence-corrected chi connectivity index (χ0v) is 9.32. The van der Waals surface area contributed by atoms with Crippen LogP contribution in [0.2, 0.25) is 0 Å². The van der Waals surface area contributed by atoms with Crippen LogP contribution in [0.4, 0.5) is 4.79 Å². The lowest BCUT2D eigenvalue weighted by Gasteiger charge is -2.21. The molecule has 4 nitrogen and oxygen atoms in total. The van der Waals surface area contributed by atoms with Crippen LogP contribution in [0.25, 0.3) is 0 Å². The molecular formula is C10H20N2O2. The Morgan fingerprint density at radius 2 is 1.93 bits per heavy atom. The molecular weight excluding hydrogens is 180 g/mol. The molecule has 0 aromatic rings. The summed E-state index contributed by atoms with van der Waals surface area (Å²) in [6, 6.07) is 0. The third kappa shape index (κ3) is 3.54. The maximum absolute atomic E-state index is 11.6. The van der Waals surface area contributed by atoms with E-state index in [1.165, 1.54) is 0 Å². The van der Waals surface area contributed by atoms with E-state index >= 15 is 0 Å². The monoisotopic (exact) mass is 200 g/mol. The highest BCUT2D eigenvalue weighted by atomic mass is 16.6. The summed E-state index contributed by atoms with van der Waals surface area (Å²) in [6.07, 6.45) is 0.836. The minimum absolute atomic E-state index is 0.0246. The van der Waals surface area contributed by atoms with E-state index in [-0.39, 0.29) is 12.2 Å². The molecule has 0 N–H and O–H groups in total. The Morgan fingerprint density at radius 1 is 1.21 bits per heavy atom. The molecule has 1 aliphatic rings. The van der Waals surface area contributed by atoms with Gasteiger partial charge in [-0.1, -0.05) is 0 Å². The minimum atomic E-state index is -0.171. The van der Waals surface area contributed by atoms with Gasteiger partial charge in [-0.25, -0.2) is 4.79 Å². The number of ether oxygens (including phenoxy) is 1. The van der Waals surface area contributed by atoms with Gasteiger partial charge in [0.25, 0.3) is 0 Å². The number of nitrogens with zero attached hydrogens (tertiary/aromatic N) is 2. The fourth-order valence-electron chi connectivity index (χ4n) is 1.51. The van der Waals surface area contributed by atoms with Crippen LogP contribution in [0.5, 0.6) is 0 Å². The molecule has 0 bridgehead atoms. The summed E-state index contributed by atoms with van der Waals surface area (Å²) in [5.41, 5.74) is 0. The summed E-state index contributed by atoms with van der Waals surface area (Å²) in [5.74, 6) is 0. The third-order valence-corrected chi connectivity index (χ3v) is 2.31. The standard InChI is InChI=1S/C10H20N2O2/c1-9(2)14-10(13)12-6-4-5-11(3)7-8-12/h9H,4-8H2,1-3H3. The molecule has 0 spiro atoms. The number of rotatable bonds is 1. The molecule has 0 saturated carbocycles. The van der Waals surface area contributed by atoms with Gasteiger partial charge in [-0.3, -0.25) is 0 Å². The summed E-state index contributed by atoms with van der Waals surface area (Å²) in [5, 5.41) is 0. The Hall–Kier alpha value is -0.770. The average molecular weight is 200 g/mol. The van der Waals surface area contributed by atoms with Crippen molar-refractivity contribution >= 4 is 6.09 Å². The van der Waals surface area contributed by atoms with Crippen molar-refractivity contribution in [2.24, 2.45) is 0 Å². The highest BCUT2D eigenvalue weighted by Crippen LogP contribution is 2.04. The fraction of sp³-hybridized carbons (Fsp3) is 0.900. The van der Waals surface area contributed by atoms with E-state index < -0.39 is 0 Å². The molecule has 4 heteroatoms. The summed E-state index contributed by atoms with van der Waals surface area (Å²) in [7, 11) is 2.08. The topological polar surface area (TPSA) is 32.8 Å². The normalized spacial score (nSPS) is 19.6. The van der Waals surface area contributed by atoms with Gasteiger partial charge in [0.05, 0.1) is 6.10 Å². The maximum Gasteiger partial charge on any atom is 0.410 e. The van der Waals surface area contributed by atoms with Crippen LogP contribution >= 0.6 is 0 Å². The average Bonchev–Trinajstić information content (AvgIpc) is 2.28. The number of carbonyl (C=O) groups excluding carboxylic acids is 1. The lowest BCUT2D eigenvalue weighted by Crippen LogP contribution is -2.36. The lowest BCUT2D eigenvalue weighted by atomic mass is 10.4. The molecule has 0 radical (unpaired) electrons. The Balaban J connectivity index is 2.39. The van der Waals surface area contributed by atoms with Crippen LogP contribution < -0.4 is 0 Å². The van der Waals surface area contributed by atoms with Crippen molar-refractivity contribution in [2.75, 3.05) is 33.2 Å². The van der Waals surface area contributed by atoms with Gasteiger partial charge >= 0.3 is 6.09 Å². The van der Waals surface area contributed by atoms with Gasteiger partial charge in [0.2, 0.25) is 0 Å². The first-order valence-corrected chi connectivity index (χ1v) is 5.23. The van der Waals surface area contributed by atoms with Gasteiger partial charge in [-0.15, -0.1) is 0 Å². The zero-order chi connectivity index (χ0) is 10.6. The van der Waals surface area contributed by atoms with Gasteiger partial charge in [0.15, 0.2) is 0 Å². The SMILES string of the molecule is CC(C)OC(=O)N1CCCN(C)CC1. The van der Waals surface area contributed by atoms with E-state index in [4.69, 9.17) is 4.74 Å². The van der Waals surface area contributed by atoms with Crippen LogP contribution in [0.15, 0.2) is 0 Å². The van der Waals surface area contributed by atoms with Crippen LogP contribution in [0.3, 0.4) is 0 Å². The minimum Gasteiger partial charge on any atom is -0.447 e. The Bertz CT molecular complexity index is 195. The predicted octanol–water partition coefficient (Wildman–Crippen LogP) is 1.17. The first-order valence-electron chi connectivity index (χ1n) is 5.23. The predicted molar refractivity (Wildman–Crippen MR) is 55.3 cm³/mol. The Kier molecular flexibility index (Phi) is 4.20. The van der Waals surface area contributed by atoms with E-state index in [0.29, 0.717) is 0 Å². The zero-order valence-electron chi connectivity index (χ0n) is 9.32. The van der Waals surface area contributed by atoms with Crippen molar-refractivity contribution < 1.29 is 9.53 Å². The van der Waals surface area contributed by atoms with Crippen LogP contribution in [0, 0.1) is 0 Å². The number of carbonyl (C=O) groups is 1. The summed E-state index contributed by atoms with van der Waals surface area (Å²) in [4.78, 5) is 15.6. The van der Waals surface area contributed by atoms with Crippen molar-refractivity contribution in [3.05, 3.63) is 0 Å². The molecule has 1 saturated heterocycles. The van der Waals surface area contributed by atoms with Crippen LogP contribution in [0.1, 0.15) is 20.3 Å². The maximum atomic E-state index is 11.6. The number of hydrogen-bond acceptors (Lipinski definition) is 3. The number of likely N-dealkylation sites (N-methyl/N-ethyl adjacent to an activating group) is 1. The first-order chi connectivity index (χ1) is 6.59. The van der Waals surface area contributed by atoms with Crippen molar-refractivity contribution in [3.63, 3.8) is 0 Å². The van der Waals surface area contributed by atoms with E-state index in [1.54, 1.807) is 4.90 Å². The van der Waals surface area contributed by atoms with E-state index in [0.717, 1.165) is 32.6 Å². The second-order valence-corrected chi connectivity index (χ2v) is 4.08. The van der Waals surface area contributed by atoms with Crippen LogP contribution in [-0.2, 0) is 4.74 Å². The first kappa shape index (κ1) is 11.3. The number of amides is 1. The molecule has 1 aliphatic heterocycles. The van der Waals surface area contributed by atoms with Crippen molar-refractivity contribution in [1.82, 2.24) is 9.80 Å². The highest BCUT2D eigenvalue weighted by Gasteiger charge is 2.18. The van der Waals surface area contributed by atoms with Gasteiger partial charge in [0.1, 0.15) is 0 Å². The van der Waals surface area contributed by atoms with Crippen molar-refractivity contribution in [2.45, 2.75) is 26.4 Å². The molecule has 1 heterocycles. The molecule has 1 amide bonds. The largest absolute Gasteiger partial charge is 0.447 e. The second-order valence-electron chi connectivity index (χ2n) is 4.08.